The summed E-state index contributed by atoms with van der Waals surface area (Å²) in [4.78, 5) is 13.4. The minimum atomic E-state index is -1.99. The largest absolute Gasteiger partial charge is 0.394 e. The minimum Gasteiger partial charge on any atom is -0.394 e. The summed E-state index contributed by atoms with van der Waals surface area (Å²) in [5, 5.41) is 121. The van der Waals surface area contributed by atoms with Gasteiger partial charge in [0.1, 0.15) is 73.2 Å². The van der Waals surface area contributed by atoms with Gasteiger partial charge in [-0.25, -0.2) is 0 Å². The molecule has 3 heterocycles. The highest BCUT2D eigenvalue weighted by molar-refractivity contribution is 5.76. The number of aliphatic hydroxyl groups excluding tert-OH is 11. The number of amides is 1. The summed E-state index contributed by atoms with van der Waals surface area (Å²) in [5.41, 5.74) is 0. The second kappa shape index (κ2) is 54.0. The van der Waals surface area contributed by atoms with Crippen LogP contribution in [0.3, 0.4) is 0 Å². The summed E-state index contributed by atoms with van der Waals surface area (Å²) < 4.78 is 34.3. The molecule has 0 aromatic rings. The fraction of sp³-hybridized carbons (Fsp3) is 0.795. The monoisotopic (exact) mass is 1310 g/mol. The van der Waals surface area contributed by atoms with Crippen LogP contribution < -0.4 is 5.32 Å². The van der Waals surface area contributed by atoms with Gasteiger partial charge in [0.25, 0.3) is 0 Å². The lowest BCUT2D eigenvalue weighted by molar-refractivity contribution is -0.379. The molecule has 1 amide bonds. The number of hydrogen-bond acceptors (Lipinski definition) is 18. The third kappa shape index (κ3) is 35.3. The molecule has 0 aromatic carbocycles. The topological polar surface area (TPSA) is 307 Å². The molecule has 0 aromatic heterocycles. The van der Waals surface area contributed by atoms with Crippen molar-refractivity contribution in [2.24, 2.45) is 0 Å². The summed E-state index contributed by atoms with van der Waals surface area (Å²) in [6.45, 7) is 1.59. The third-order valence-electron chi connectivity index (χ3n) is 17.4. The first kappa shape index (κ1) is 83.2. The molecule has 3 aliphatic rings. The van der Waals surface area contributed by atoms with Gasteiger partial charge in [0.05, 0.1) is 38.6 Å². The summed E-state index contributed by atoms with van der Waals surface area (Å²) in [5.74, 6) is -0.300. The smallest absolute Gasteiger partial charge is 0.220 e. The third-order valence-corrected chi connectivity index (χ3v) is 17.4. The van der Waals surface area contributed by atoms with E-state index in [1.165, 1.54) is 116 Å². The molecule has 0 bridgehead atoms. The molecule has 3 aliphatic heterocycles. The Morgan fingerprint density at radius 2 is 0.761 bits per heavy atom. The maximum absolute atomic E-state index is 13.4. The number of nitrogens with one attached hydrogen (secondary N) is 1. The molecule has 3 fully saturated rings. The number of hydrogen-bond donors (Lipinski definition) is 12. The molecule has 3 saturated heterocycles. The van der Waals surface area contributed by atoms with Crippen LogP contribution in [-0.4, -0.2) is 193 Å². The molecular weight excluding hydrogens is 1180 g/mol. The molecule has 92 heavy (non-hydrogen) atoms. The van der Waals surface area contributed by atoms with Crippen molar-refractivity contribution in [3.63, 3.8) is 0 Å². The first-order chi connectivity index (χ1) is 44.8. The van der Waals surface area contributed by atoms with E-state index in [1.54, 1.807) is 6.08 Å². The van der Waals surface area contributed by atoms with Crippen LogP contribution in [-0.2, 0) is 33.2 Å². The number of allylic oxidation sites excluding steroid dienone is 13. The van der Waals surface area contributed by atoms with Gasteiger partial charge < -0.3 is 89.9 Å². The fourth-order valence-electron chi connectivity index (χ4n) is 11.6. The summed E-state index contributed by atoms with van der Waals surface area (Å²) >= 11 is 0. The second-order valence-corrected chi connectivity index (χ2v) is 25.3. The molecule has 12 N–H and O–H groups in total. The van der Waals surface area contributed by atoms with Crippen LogP contribution in [0, 0.1) is 0 Å². The molecule has 17 unspecified atom stereocenters. The van der Waals surface area contributed by atoms with Gasteiger partial charge >= 0.3 is 0 Å². The highest BCUT2D eigenvalue weighted by Gasteiger charge is 2.53. The highest BCUT2D eigenvalue weighted by Crippen LogP contribution is 2.33. The van der Waals surface area contributed by atoms with Crippen molar-refractivity contribution in [3.05, 3.63) is 85.1 Å². The van der Waals surface area contributed by atoms with Crippen LogP contribution in [0.25, 0.3) is 0 Å². The summed E-state index contributed by atoms with van der Waals surface area (Å²) in [7, 11) is 0. The molecule has 0 aliphatic carbocycles. The zero-order valence-corrected chi connectivity index (χ0v) is 56.3. The average Bonchev–Trinajstić information content (AvgIpc) is 0.838. The Morgan fingerprint density at radius 1 is 0.402 bits per heavy atom. The van der Waals surface area contributed by atoms with Gasteiger partial charge in [-0.2, -0.15) is 0 Å². The molecule has 3 rings (SSSR count). The van der Waals surface area contributed by atoms with Gasteiger partial charge in [0, 0.05) is 6.42 Å². The van der Waals surface area contributed by atoms with Crippen molar-refractivity contribution >= 4 is 5.91 Å². The normalized spacial score (nSPS) is 28.2. The van der Waals surface area contributed by atoms with E-state index < -0.39 is 124 Å². The van der Waals surface area contributed by atoms with Crippen molar-refractivity contribution in [1.82, 2.24) is 5.32 Å². The lowest BCUT2D eigenvalue weighted by Crippen LogP contribution is -2.66. The maximum Gasteiger partial charge on any atom is 0.220 e. The number of aliphatic hydroxyl groups is 11. The van der Waals surface area contributed by atoms with Crippen LogP contribution in [0.2, 0.25) is 0 Å². The predicted molar refractivity (Wildman–Crippen MR) is 360 cm³/mol. The van der Waals surface area contributed by atoms with Crippen LogP contribution >= 0.6 is 0 Å². The molecule has 0 spiro atoms. The molecule has 17 atom stereocenters. The van der Waals surface area contributed by atoms with Crippen molar-refractivity contribution in [2.75, 3.05) is 26.4 Å². The van der Waals surface area contributed by atoms with E-state index in [1.807, 2.05) is 6.08 Å². The molecular formula is C73H127NO18. The standard InChI is InChI=1S/C73H127NO18/c1-3-5-7-9-11-13-15-17-19-21-23-25-26-27-28-29-31-32-34-36-38-40-42-44-46-48-50-57(78)56(74-61(79)51-49-47-45-43-41-39-37-35-33-30-24-22-20-18-16-14-12-10-8-6-4-2)55-87-71-67(85)64(82)69(59(53-76)89-71)92-73-68(86)65(83)70(60(54-77)90-73)91-72-66(84)63(81)62(80)58(52-75)88-72/h6,8,12,14,18,20,24,30,32,34,40,42,48,50,56-60,62-73,75-78,80-86H,3-5,7,9-11,13,15-17,19,21-23,25-29,31,33,35-39,41,43-47,49,51-55H2,1-2H3,(H,74,79)/b8-6-,14-12-,20-18-,30-24-,34-32+,42-40+,50-48+. The number of carbonyl (C=O) groups excluding carboxylic acids is 1. The average molecular weight is 1310 g/mol. The van der Waals surface area contributed by atoms with Crippen LogP contribution in [0.1, 0.15) is 239 Å². The first-order valence-electron chi connectivity index (χ1n) is 35.8. The lowest BCUT2D eigenvalue weighted by atomic mass is 9.96. The van der Waals surface area contributed by atoms with Crippen molar-refractivity contribution in [3.8, 4) is 0 Å². The summed E-state index contributed by atoms with van der Waals surface area (Å²) in [6.07, 6.45) is 42.7. The van der Waals surface area contributed by atoms with Gasteiger partial charge in [-0.3, -0.25) is 4.79 Å². The van der Waals surface area contributed by atoms with E-state index in [2.05, 4.69) is 92.1 Å². The van der Waals surface area contributed by atoms with E-state index in [0.717, 1.165) is 89.9 Å². The number of rotatable bonds is 54. The maximum atomic E-state index is 13.4. The lowest BCUT2D eigenvalue weighted by Gasteiger charge is -2.48. The van der Waals surface area contributed by atoms with Crippen molar-refractivity contribution in [2.45, 2.75) is 343 Å². The Kier molecular flexibility index (Phi) is 48.9. The molecule has 0 radical (unpaired) electrons. The Balaban J connectivity index is 1.45. The number of carbonyl (C=O) groups is 1. The Morgan fingerprint density at radius 3 is 1.22 bits per heavy atom. The SMILES string of the molecule is CC/C=C\C/C=C\C/C=C\C/C=C\CCCCCCCCCCC(=O)NC(COC1OC(CO)C(OC2OC(CO)C(OC3OC(CO)C(O)C(O)C3O)C(O)C2O)C(O)C1O)C(O)/C=C/CC/C=C/CC/C=C/CCCCCCCCCCCCCCCCCC. The Hall–Kier alpha value is -3.03. The molecule has 19 heteroatoms. The number of ether oxygens (including phenoxy) is 6. The Bertz CT molecular complexity index is 2000. The van der Waals surface area contributed by atoms with Crippen molar-refractivity contribution in [1.29, 1.82) is 0 Å². The van der Waals surface area contributed by atoms with Crippen LogP contribution in [0.15, 0.2) is 85.1 Å². The highest BCUT2D eigenvalue weighted by atomic mass is 16.8. The zero-order chi connectivity index (χ0) is 66.8. The first-order valence-corrected chi connectivity index (χ1v) is 35.8. The minimum absolute atomic E-state index is 0.218. The fourth-order valence-corrected chi connectivity index (χ4v) is 11.6. The summed E-state index contributed by atoms with van der Waals surface area (Å²) in [6, 6.07) is -1.01. The van der Waals surface area contributed by atoms with Gasteiger partial charge in [-0.1, -0.05) is 234 Å². The van der Waals surface area contributed by atoms with E-state index in [9.17, 15) is 61.0 Å². The van der Waals surface area contributed by atoms with E-state index >= 15 is 0 Å². The van der Waals surface area contributed by atoms with E-state index in [0.29, 0.717) is 12.8 Å². The predicted octanol–water partition coefficient (Wildman–Crippen LogP) is 9.88. The van der Waals surface area contributed by atoms with Crippen LogP contribution in [0.5, 0.6) is 0 Å². The molecule has 0 saturated carbocycles. The molecule has 19 nitrogen and oxygen atoms in total. The number of unbranched alkanes of at least 4 members (excludes halogenated alkanes) is 26. The van der Waals surface area contributed by atoms with Crippen LogP contribution in [0.4, 0.5) is 0 Å². The Labute approximate surface area is 552 Å². The van der Waals surface area contributed by atoms with E-state index in [4.69, 9.17) is 28.4 Å². The molecule has 532 valence electrons. The second-order valence-electron chi connectivity index (χ2n) is 25.3. The van der Waals surface area contributed by atoms with Gasteiger partial charge in [-0.05, 0) is 83.5 Å². The van der Waals surface area contributed by atoms with Gasteiger partial charge in [0.2, 0.25) is 5.91 Å². The zero-order valence-electron chi connectivity index (χ0n) is 56.3. The quantitative estimate of drug-likeness (QED) is 0.0199. The van der Waals surface area contributed by atoms with Crippen molar-refractivity contribution < 1.29 is 89.4 Å². The van der Waals surface area contributed by atoms with Gasteiger partial charge in [0.15, 0.2) is 18.9 Å². The van der Waals surface area contributed by atoms with Gasteiger partial charge in [-0.15, -0.1) is 0 Å². The van der Waals surface area contributed by atoms with E-state index in [-0.39, 0.29) is 18.9 Å².